The summed E-state index contributed by atoms with van der Waals surface area (Å²) in [6, 6.07) is 3.05. The summed E-state index contributed by atoms with van der Waals surface area (Å²) in [6.07, 6.45) is 1.31. The van der Waals surface area contributed by atoms with Crippen LogP contribution in [0.2, 0.25) is 5.15 Å². The minimum Gasteiger partial charge on any atom is -0.475 e. The zero-order valence-electron chi connectivity index (χ0n) is 7.32. The zero-order chi connectivity index (χ0) is 11.0. The molecule has 2 aromatic heterocycles. The lowest BCUT2D eigenvalue weighted by molar-refractivity contribution is -0.131. The molecule has 2 N–H and O–H groups in total. The van der Waals surface area contributed by atoms with Crippen molar-refractivity contribution in [1.82, 2.24) is 9.97 Å². The van der Waals surface area contributed by atoms with Crippen molar-refractivity contribution in [2.45, 2.75) is 0 Å². The molecule has 2 heterocycles. The fourth-order valence-corrected chi connectivity index (χ4v) is 1.43. The van der Waals surface area contributed by atoms with Gasteiger partial charge < -0.3 is 10.1 Å². The van der Waals surface area contributed by atoms with Gasteiger partial charge in [-0.3, -0.25) is 4.79 Å². The van der Waals surface area contributed by atoms with Crippen LogP contribution in [0.1, 0.15) is 10.4 Å². The lowest BCUT2D eigenvalue weighted by atomic mass is 10.1. The van der Waals surface area contributed by atoms with Gasteiger partial charge in [0.25, 0.3) is 5.78 Å². The Morgan fingerprint density at radius 1 is 1.40 bits per heavy atom. The highest BCUT2D eigenvalue weighted by molar-refractivity contribution is 6.42. The predicted octanol–water partition coefficient (Wildman–Crippen LogP) is 1.48. The molecule has 0 saturated heterocycles. The number of hydrogen-bond acceptors (Lipinski definition) is 3. The van der Waals surface area contributed by atoms with E-state index in [-0.39, 0.29) is 10.7 Å². The minimum atomic E-state index is -1.49. The number of carbonyl (C=O) groups is 2. The molecule has 2 aromatic rings. The molecular weight excluding hydrogens is 220 g/mol. The molecule has 0 aromatic carbocycles. The van der Waals surface area contributed by atoms with E-state index in [1.165, 1.54) is 12.3 Å². The molecule has 6 heteroatoms. The molecule has 0 fully saturated rings. The molecular formula is C9H5ClN2O3. The summed E-state index contributed by atoms with van der Waals surface area (Å²) in [5, 5.41) is 9.29. The van der Waals surface area contributed by atoms with Crippen molar-refractivity contribution in [3.8, 4) is 0 Å². The Kier molecular flexibility index (Phi) is 2.17. The summed E-state index contributed by atoms with van der Waals surface area (Å²) < 4.78 is 0. The van der Waals surface area contributed by atoms with Crippen LogP contribution >= 0.6 is 11.6 Å². The first-order valence-electron chi connectivity index (χ1n) is 4.01. The lowest BCUT2D eigenvalue weighted by Gasteiger charge is -1.93. The van der Waals surface area contributed by atoms with E-state index < -0.39 is 11.8 Å². The first-order chi connectivity index (χ1) is 7.09. The van der Waals surface area contributed by atoms with Gasteiger partial charge >= 0.3 is 5.97 Å². The molecule has 15 heavy (non-hydrogen) atoms. The van der Waals surface area contributed by atoms with Crippen LogP contribution in [0.5, 0.6) is 0 Å². The number of ketones is 1. The highest BCUT2D eigenvalue weighted by Gasteiger charge is 2.19. The van der Waals surface area contributed by atoms with Crippen molar-refractivity contribution in [1.29, 1.82) is 0 Å². The fraction of sp³-hybridized carbons (Fsp3) is 0. The molecule has 0 bridgehead atoms. The Bertz CT molecular complexity index is 561. The van der Waals surface area contributed by atoms with Gasteiger partial charge in [-0.15, -0.1) is 0 Å². The van der Waals surface area contributed by atoms with E-state index in [0.717, 1.165) is 0 Å². The van der Waals surface area contributed by atoms with E-state index in [4.69, 9.17) is 16.7 Å². The molecule has 76 valence electrons. The fourth-order valence-electron chi connectivity index (χ4n) is 1.28. The van der Waals surface area contributed by atoms with E-state index >= 15 is 0 Å². The summed E-state index contributed by atoms with van der Waals surface area (Å²) in [4.78, 5) is 28.3. The maximum absolute atomic E-state index is 11.2. The van der Waals surface area contributed by atoms with Crippen molar-refractivity contribution in [3.63, 3.8) is 0 Å². The third-order valence-electron chi connectivity index (χ3n) is 1.94. The van der Waals surface area contributed by atoms with Crippen LogP contribution in [0, 0.1) is 0 Å². The third kappa shape index (κ3) is 1.57. The molecule has 0 atom stereocenters. The Morgan fingerprint density at radius 3 is 2.80 bits per heavy atom. The van der Waals surface area contributed by atoms with Gasteiger partial charge in [0.2, 0.25) is 0 Å². The minimum absolute atomic E-state index is 0.0849. The van der Waals surface area contributed by atoms with Gasteiger partial charge in [-0.1, -0.05) is 11.6 Å². The molecule has 0 amide bonds. The number of halogens is 1. The monoisotopic (exact) mass is 224 g/mol. The number of aromatic amines is 1. The smallest absolute Gasteiger partial charge is 0.377 e. The van der Waals surface area contributed by atoms with E-state index in [1.807, 2.05) is 0 Å². The Morgan fingerprint density at radius 2 is 2.13 bits per heavy atom. The van der Waals surface area contributed by atoms with Crippen LogP contribution in [-0.2, 0) is 4.79 Å². The van der Waals surface area contributed by atoms with E-state index in [1.54, 1.807) is 6.07 Å². The maximum atomic E-state index is 11.2. The highest BCUT2D eigenvalue weighted by Crippen LogP contribution is 2.19. The number of carboxylic acid groups (broad SMARTS) is 1. The first kappa shape index (κ1) is 9.67. The van der Waals surface area contributed by atoms with Gasteiger partial charge in [0.05, 0.1) is 5.56 Å². The van der Waals surface area contributed by atoms with Crippen LogP contribution in [0.3, 0.4) is 0 Å². The number of rotatable bonds is 2. The molecule has 5 nitrogen and oxygen atoms in total. The predicted molar refractivity (Wildman–Crippen MR) is 53.1 cm³/mol. The van der Waals surface area contributed by atoms with Gasteiger partial charge in [-0.25, -0.2) is 9.78 Å². The van der Waals surface area contributed by atoms with Crippen molar-refractivity contribution in [2.75, 3.05) is 0 Å². The maximum Gasteiger partial charge on any atom is 0.377 e. The molecule has 0 saturated carbocycles. The number of carboxylic acids is 1. The average Bonchev–Trinajstić information content (AvgIpc) is 2.59. The molecule has 0 aliphatic carbocycles. The molecule has 2 rings (SSSR count). The van der Waals surface area contributed by atoms with Gasteiger partial charge in [-0.2, -0.15) is 0 Å². The Hall–Kier alpha value is -1.88. The summed E-state index contributed by atoms with van der Waals surface area (Å²) in [5.41, 5.74) is 0.480. The summed E-state index contributed by atoms with van der Waals surface area (Å²) in [7, 11) is 0. The zero-order valence-corrected chi connectivity index (χ0v) is 8.08. The normalized spacial score (nSPS) is 10.5. The molecule has 0 radical (unpaired) electrons. The van der Waals surface area contributed by atoms with Crippen LogP contribution in [-0.4, -0.2) is 26.8 Å². The number of fused-ring (bicyclic) bond motifs is 1. The van der Waals surface area contributed by atoms with E-state index in [0.29, 0.717) is 11.0 Å². The van der Waals surface area contributed by atoms with E-state index in [2.05, 4.69) is 9.97 Å². The second kappa shape index (κ2) is 3.36. The number of carbonyl (C=O) groups excluding carboxylic acids is 1. The number of Topliss-reactive ketones (excluding diaryl/α,β-unsaturated/α-hetero) is 1. The highest BCUT2D eigenvalue weighted by atomic mass is 35.5. The molecule has 0 aliphatic rings. The van der Waals surface area contributed by atoms with Crippen molar-refractivity contribution in [3.05, 3.63) is 29.0 Å². The molecule has 0 unspecified atom stereocenters. The quantitative estimate of drug-likeness (QED) is 0.460. The van der Waals surface area contributed by atoms with Crippen LogP contribution < -0.4 is 0 Å². The van der Waals surface area contributed by atoms with Crippen molar-refractivity contribution >= 4 is 34.4 Å². The standard InChI is InChI=1S/C9H5ClN2O3/c10-6-2-1-4-5(7(13)9(14)15)3-11-8(4)12-6/h1-3H,(H,11,12)(H,14,15). The number of hydrogen-bond donors (Lipinski definition) is 2. The summed E-state index contributed by atoms with van der Waals surface area (Å²) in [5.74, 6) is -2.46. The van der Waals surface area contributed by atoms with Gasteiger partial charge in [0, 0.05) is 11.6 Å². The third-order valence-corrected chi connectivity index (χ3v) is 2.15. The van der Waals surface area contributed by atoms with Gasteiger partial charge in [0.1, 0.15) is 10.8 Å². The van der Waals surface area contributed by atoms with Crippen LogP contribution in [0.25, 0.3) is 11.0 Å². The molecule has 0 aliphatic heterocycles. The number of aliphatic carboxylic acids is 1. The van der Waals surface area contributed by atoms with Crippen molar-refractivity contribution < 1.29 is 14.7 Å². The van der Waals surface area contributed by atoms with E-state index in [9.17, 15) is 9.59 Å². The second-order valence-corrected chi connectivity index (χ2v) is 3.25. The topological polar surface area (TPSA) is 83.0 Å². The van der Waals surface area contributed by atoms with Gasteiger partial charge in [-0.05, 0) is 12.1 Å². The van der Waals surface area contributed by atoms with Crippen LogP contribution in [0.15, 0.2) is 18.3 Å². The van der Waals surface area contributed by atoms with Crippen LogP contribution in [0.4, 0.5) is 0 Å². The second-order valence-electron chi connectivity index (χ2n) is 2.87. The Balaban J connectivity index is 2.64. The van der Waals surface area contributed by atoms with Crippen molar-refractivity contribution in [2.24, 2.45) is 0 Å². The number of aromatic nitrogens is 2. The number of pyridine rings is 1. The number of nitrogens with zero attached hydrogens (tertiary/aromatic N) is 1. The largest absolute Gasteiger partial charge is 0.475 e. The molecule has 0 spiro atoms. The summed E-state index contributed by atoms with van der Waals surface area (Å²) in [6.45, 7) is 0. The summed E-state index contributed by atoms with van der Waals surface area (Å²) >= 11 is 5.64. The lowest BCUT2D eigenvalue weighted by Crippen LogP contribution is -2.11. The SMILES string of the molecule is O=C(O)C(=O)c1c[nH]c2nc(Cl)ccc12. The number of H-pyrrole nitrogens is 1. The average molecular weight is 225 g/mol. The number of nitrogens with one attached hydrogen (secondary N) is 1. The first-order valence-corrected chi connectivity index (χ1v) is 4.38. The van der Waals surface area contributed by atoms with Gasteiger partial charge in [0.15, 0.2) is 0 Å². The Labute approximate surface area is 88.7 Å².